The summed E-state index contributed by atoms with van der Waals surface area (Å²) >= 11 is 7.58. The molecule has 1 saturated carbocycles. The van der Waals surface area contributed by atoms with Gasteiger partial charge in [-0.25, -0.2) is 0 Å². The lowest BCUT2D eigenvalue weighted by Gasteiger charge is -2.43. The Morgan fingerprint density at radius 1 is 1.10 bits per heavy atom. The van der Waals surface area contributed by atoms with Crippen molar-refractivity contribution in [2.24, 2.45) is 11.8 Å². The van der Waals surface area contributed by atoms with Gasteiger partial charge < -0.3 is 24.4 Å². The Morgan fingerprint density at radius 3 is 2.60 bits per heavy atom. The fraction of sp³-hybridized carbons (Fsp3) is 0.476. The van der Waals surface area contributed by atoms with Gasteiger partial charge >= 0.3 is 0 Å². The normalized spacial score (nSPS) is 25.3. The lowest BCUT2D eigenvalue weighted by molar-refractivity contribution is -0.148. The van der Waals surface area contributed by atoms with Crippen LogP contribution in [0.2, 0.25) is 5.02 Å². The summed E-state index contributed by atoms with van der Waals surface area (Å²) in [6.45, 7) is 8.55. The summed E-state index contributed by atoms with van der Waals surface area (Å²) < 4.78 is 15.4. The Morgan fingerprint density at radius 2 is 1.88 bits per heavy atom. The van der Waals surface area contributed by atoms with Crippen LogP contribution in [0.3, 0.4) is 0 Å². The first-order valence-electron chi connectivity index (χ1n) is 18.7. The van der Waals surface area contributed by atoms with Crippen molar-refractivity contribution in [2.45, 2.75) is 81.8 Å². The van der Waals surface area contributed by atoms with Gasteiger partial charge in [-0.1, -0.05) is 81.3 Å². The minimum absolute atomic E-state index is 0.0178. The lowest BCUT2D eigenvalue weighted by atomic mass is 9.70. The van der Waals surface area contributed by atoms with Crippen LogP contribution in [-0.2, 0) is 26.3 Å². The molecule has 8 nitrogen and oxygen atoms in total. The number of hydrogen-bond acceptors (Lipinski definition) is 7. The maximum atomic E-state index is 14.0. The fourth-order valence-corrected chi connectivity index (χ4v) is 8.34. The molecular formula is C42H54ClN3O5S. The average molecular weight is 748 g/mol. The number of nitrogens with zero attached hydrogens (tertiary/aromatic N) is 2. The summed E-state index contributed by atoms with van der Waals surface area (Å²) in [7, 11) is 3.48. The molecule has 1 aliphatic carbocycles. The van der Waals surface area contributed by atoms with Crippen molar-refractivity contribution in [3.8, 4) is 5.75 Å². The van der Waals surface area contributed by atoms with Crippen LogP contribution in [0.25, 0.3) is 0 Å². The van der Waals surface area contributed by atoms with E-state index in [1.807, 2.05) is 62.4 Å². The smallest absolute Gasteiger partial charge is 0.267 e. The number of aryl methyl sites for hydroxylation is 1. The molecule has 2 amide bonds. The van der Waals surface area contributed by atoms with Crippen molar-refractivity contribution < 1.29 is 24.2 Å². The summed E-state index contributed by atoms with van der Waals surface area (Å²) in [4.78, 5) is 32.4. The van der Waals surface area contributed by atoms with E-state index >= 15 is 0 Å². The minimum Gasteiger partial charge on any atom is -0.491 e. The molecule has 3 aromatic carbocycles. The second kappa shape index (κ2) is 18.5. The molecule has 2 aliphatic heterocycles. The number of fused-ring (bicyclic) bond motifs is 2. The fourth-order valence-electron chi connectivity index (χ4n) is 7.47. The monoisotopic (exact) mass is 747 g/mol. The SMILES string of the molecule is CC.CCCc1cc(Cl)ccc1C1COc2ccc3cc2N(C1)CC1CCC1C(OC)/C=C/CCN(C)C(=O)C[C@]3(O)C(=O)NSc1ccccc1. The van der Waals surface area contributed by atoms with Gasteiger partial charge in [-0.15, -0.1) is 0 Å². The van der Waals surface area contributed by atoms with Crippen molar-refractivity contribution in [1.82, 2.24) is 9.62 Å². The van der Waals surface area contributed by atoms with E-state index in [4.69, 9.17) is 21.1 Å². The Kier molecular flexibility index (Phi) is 14.1. The molecule has 280 valence electrons. The Balaban J connectivity index is 0.00000257. The summed E-state index contributed by atoms with van der Waals surface area (Å²) in [6.07, 6.45) is 8.50. The number of rotatable bonds is 7. The number of hydrogen-bond donors (Lipinski definition) is 2. The quantitative estimate of drug-likeness (QED) is 0.186. The Labute approximate surface area is 319 Å². The van der Waals surface area contributed by atoms with E-state index < -0.39 is 17.9 Å². The molecule has 2 N–H and O–H groups in total. The van der Waals surface area contributed by atoms with Crippen LogP contribution in [-0.4, -0.2) is 68.3 Å². The molecule has 1 fully saturated rings. The van der Waals surface area contributed by atoms with Gasteiger partial charge in [0.15, 0.2) is 5.60 Å². The number of amides is 2. The van der Waals surface area contributed by atoms with Crippen molar-refractivity contribution in [3.05, 3.63) is 101 Å². The zero-order valence-electron chi connectivity index (χ0n) is 31.1. The molecule has 3 aliphatic rings. The number of nitrogens with one attached hydrogen (secondary N) is 1. The third-order valence-electron chi connectivity index (χ3n) is 10.5. The molecule has 5 atom stereocenters. The molecule has 0 spiro atoms. The summed E-state index contributed by atoms with van der Waals surface area (Å²) in [5.41, 5.74) is 1.48. The van der Waals surface area contributed by atoms with Gasteiger partial charge in [0.2, 0.25) is 5.91 Å². The topological polar surface area (TPSA) is 91.3 Å². The molecule has 10 heteroatoms. The van der Waals surface area contributed by atoms with E-state index in [9.17, 15) is 14.7 Å². The lowest BCUT2D eigenvalue weighted by Crippen LogP contribution is -2.46. The number of methoxy groups -OCH3 is 1. The number of benzene rings is 3. The van der Waals surface area contributed by atoms with Crippen LogP contribution < -0.4 is 14.4 Å². The van der Waals surface area contributed by atoms with Crippen LogP contribution in [0.1, 0.15) is 75.5 Å². The average Bonchev–Trinajstić information content (AvgIpc) is 3.33. The van der Waals surface area contributed by atoms with E-state index in [0.717, 1.165) is 59.8 Å². The highest BCUT2D eigenvalue weighted by atomic mass is 35.5. The van der Waals surface area contributed by atoms with E-state index in [0.29, 0.717) is 49.3 Å². The van der Waals surface area contributed by atoms with Crippen molar-refractivity contribution in [1.29, 1.82) is 0 Å². The Bertz CT molecular complexity index is 1690. The van der Waals surface area contributed by atoms with Crippen molar-refractivity contribution >= 4 is 41.1 Å². The zero-order chi connectivity index (χ0) is 37.3. The first-order valence-corrected chi connectivity index (χ1v) is 19.9. The first kappa shape index (κ1) is 39.7. The van der Waals surface area contributed by atoms with E-state index in [2.05, 4.69) is 40.8 Å². The van der Waals surface area contributed by atoms with Gasteiger partial charge in [-0.05, 0) is 103 Å². The van der Waals surface area contributed by atoms with Gasteiger partial charge in [0.25, 0.3) is 5.91 Å². The van der Waals surface area contributed by atoms with Crippen LogP contribution >= 0.6 is 23.5 Å². The molecule has 0 saturated heterocycles. The second-order valence-corrected chi connectivity index (χ2v) is 15.1. The molecule has 3 aromatic rings. The van der Waals surface area contributed by atoms with E-state index in [1.54, 1.807) is 25.1 Å². The van der Waals surface area contributed by atoms with E-state index in [-0.39, 0.29) is 17.9 Å². The molecule has 4 unspecified atom stereocenters. The maximum absolute atomic E-state index is 14.0. The van der Waals surface area contributed by atoms with Gasteiger partial charge in [0.05, 0.1) is 24.8 Å². The number of anilines is 1. The highest BCUT2D eigenvalue weighted by molar-refractivity contribution is 7.98. The predicted octanol–water partition coefficient (Wildman–Crippen LogP) is 8.16. The number of ether oxygens (including phenoxy) is 2. The molecule has 6 rings (SSSR count). The second-order valence-electron chi connectivity index (χ2n) is 13.8. The highest BCUT2D eigenvalue weighted by Gasteiger charge is 2.43. The van der Waals surface area contributed by atoms with Crippen molar-refractivity contribution in [2.75, 3.05) is 45.3 Å². The number of halogens is 1. The summed E-state index contributed by atoms with van der Waals surface area (Å²) in [5.74, 6) is 0.493. The van der Waals surface area contributed by atoms with Crippen molar-refractivity contribution in [3.63, 3.8) is 0 Å². The Hall–Kier alpha value is -3.50. The molecule has 2 heterocycles. The van der Waals surface area contributed by atoms with Crippen LogP contribution in [0.5, 0.6) is 5.75 Å². The summed E-state index contributed by atoms with van der Waals surface area (Å²) in [6, 6.07) is 21.0. The molecule has 2 bridgehead atoms. The van der Waals surface area contributed by atoms with Crippen LogP contribution in [0, 0.1) is 11.8 Å². The van der Waals surface area contributed by atoms with Gasteiger partial charge in [0.1, 0.15) is 5.75 Å². The predicted molar refractivity (Wildman–Crippen MR) is 211 cm³/mol. The van der Waals surface area contributed by atoms with Crippen LogP contribution in [0.4, 0.5) is 5.69 Å². The van der Waals surface area contributed by atoms with Gasteiger partial charge in [0, 0.05) is 49.6 Å². The third kappa shape index (κ3) is 9.16. The van der Waals surface area contributed by atoms with E-state index in [1.165, 1.54) is 11.1 Å². The molecular weight excluding hydrogens is 694 g/mol. The van der Waals surface area contributed by atoms with Crippen LogP contribution in [0.15, 0.2) is 83.8 Å². The highest BCUT2D eigenvalue weighted by Crippen LogP contribution is 2.44. The summed E-state index contributed by atoms with van der Waals surface area (Å²) in [5, 5.41) is 13.1. The number of carbonyl (C=O) groups excluding carboxylic acids is 2. The molecule has 0 aromatic heterocycles. The molecule has 52 heavy (non-hydrogen) atoms. The zero-order valence-corrected chi connectivity index (χ0v) is 32.7. The molecule has 0 radical (unpaired) electrons. The third-order valence-corrected chi connectivity index (χ3v) is 11.5. The van der Waals surface area contributed by atoms with Gasteiger partial charge in [-0.3, -0.25) is 14.3 Å². The number of carbonyl (C=O) groups is 2. The standard InChI is InChI=1S/C40H48ClN3O5S.C2H6/c1-4-10-27-21-31(41)16-18-33(27)29-25-44-24-28-14-17-34(28)36(48-3)13-8-9-20-43(2)38(45)23-40(47,30-15-19-37(49-26-29)35(44)22-30)39(46)42-50-32-11-6-5-7-12-32;1-2/h5-8,11-13,15-16,18-19,21-22,28-29,34,36,47H,4,9-10,14,17,20,23-26H2,1-3H3,(H,42,46);1-2H3/b13-8+;/t28?,29?,34?,36?,40-;/m1./s1. The maximum Gasteiger partial charge on any atom is 0.267 e. The number of aliphatic hydroxyl groups is 1. The largest absolute Gasteiger partial charge is 0.491 e. The first-order chi connectivity index (χ1) is 25.2. The minimum atomic E-state index is -2.13. The van der Waals surface area contributed by atoms with Gasteiger partial charge in [-0.2, -0.15) is 0 Å².